The summed E-state index contributed by atoms with van der Waals surface area (Å²) in [5.74, 6) is 0. The van der Waals surface area contributed by atoms with E-state index in [1.807, 2.05) is 13.8 Å². The first kappa shape index (κ1) is 5.31. The fourth-order valence-corrected chi connectivity index (χ4v) is 0. The van der Waals surface area contributed by atoms with Crippen LogP contribution in [0.15, 0.2) is 0 Å². The van der Waals surface area contributed by atoms with Gasteiger partial charge in [0.2, 0.25) is 0 Å². The Morgan fingerprint density at radius 1 is 1.60 bits per heavy atom. The lowest BCUT2D eigenvalue weighted by atomic mass is 10.5. The zero-order chi connectivity index (χ0) is 4.28. The van der Waals surface area contributed by atoms with E-state index in [-0.39, 0.29) is 6.10 Å². The second-order valence-corrected chi connectivity index (χ2v) is 1.36. The predicted octanol–water partition coefficient (Wildman–Crippen LogP) is 1.26. The molecule has 0 aliphatic heterocycles. The van der Waals surface area contributed by atoms with Gasteiger partial charge in [0, 0.05) is 0 Å². The third-order valence-corrected chi connectivity index (χ3v) is 0.632. The number of thiol groups is 1. The molecule has 0 bridgehead atoms. The highest BCUT2D eigenvalue weighted by molar-refractivity contribution is 7.75. The Hall–Kier alpha value is 0.310. The molecule has 0 fully saturated rings. The van der Waals surface area contributed by atoms with Crippen LogP contribution >= 0.6 is 12.9 Å². The molecular weight excluding hydrogens is 84.1 g/mol. The Balaban J connectivity index is 2.54. The van der Waals surface area contributed by atoms with Crippen molar-refractivity contribution < 1.29 is 4.18 Å². The predicted molar refractivity (Wildman–Crippen MR) is 25.2 cm³/mol. The molecule has 0 aromatic heterocycles. The van der Waals surface area contributed by atoms with Crippen LogP contribution in [0.25, 0.3) is 0 Å². The molecule has 0 radical (unpaired) electrons. The minimum atomic E-state index is 0.248. The van der Waals surface area contributed by atoms with E-state index in [1.54, 1.807) is 0 Å². The molecular formula is C3H8OS. The molecule has 0 saturated carbocycles. The van der Waals surface area contributed by atoms with Crippen molar-refractivity contribution in [2.75, 3.05) is 0 Å². The molecule has 0 aliphatic rings. The summed E-state index contributed by atoms with van der Waals surface area (Å²) < 4.78 is 4.44. The van der Waals surface area contributed by atoms with Crippen molar-refractivity contribution in [2.45, 2.75) is 20.0 Å². The Bertz CT molecular complexity index is 20.9. The summed E-state index contributed by atoms with van der Waals surface area (Å²) in [6.07, 6.45) is 0.248. The number of rotatable bonds is 1. The number of hydrogen-bond donors (Lipinski definition) is 1. The lowest BCUT2D eigenvalue weighted by Crippen LogP contribution is -1.89. The summed E-state index contributed by atoms with van der Waals surface area (Å²) in [4.78, 5) is 0. The van der Waals surface area contributed by atoms with Crippen LogP contribution < -0.4 is 0 Å². The molecule has 2 heteroatoms. The van der Waals surface area contributed by atoms with E-state index in [4.69, 9.17) is 0 Å². The monoisotopic (exact) mass is 92.0 g/mol. The van der Waals surface area contributed by atoms with Gasteiger partial charge in [0.05, 0.1) is 6.10 Å². The highest BCUT2D eigenvalue weighted by Gasteiger charge is 1.80. The zero-order valence-corrected chi connectivity index (χ0v) is 4.33. The van der Waals surface area contributed by atoms with Crippen molar-refractivity contribution >= 4 is 12.9 Å². The minimum absolute atomic E-state index is 0.248. The Morgan fingerprint density at radius 3 is 1.80 bits per heavy atom. The van der Waals surface area contributed by atoms with E-state index >= 15 is 0 Å². The molecule has 1 nitrogen and oxygen atoms in total. The summed E-state index contributed by atoms with van der Waals surface area (Å²) in [5, 5.41) is 0. The molecule has 0 N–H and O–H groups in total. The topological polar surface area (TPSA) is 9.23 Å². The first-order valence-electron chi connectivity index (χ1n) is 1.57. The van der Waals surface area contributed by atoms with Crippen LogP contribution in [0.2, 0.25) is 0 Å². The quantitative estimate of drug-likeness (QED) is 0.378. The van der Waals surface area contributed by atoms with Crippen LogP contribution in [0.5, 0.6) is 0 Å². The van der Waals surface area contributed by atoms with Gasteiger partial charge in [-0.3, -0.25) is 0 Å². The third-order valence-electron chi connectivity index (χ3n) is 0.211. The van der Waals surface area contributed by atoms with Crippen LogP contribution in [-0.4, -0.2) is 6.10 Å². The van der Waals surface area contributed by atoms with Crippen molar-refractivity contribution in [2.24, 2.45) is 0 Å². The van der Waals surface area contributed by atoms with Gasteiger partial charge in [-0.15, -0.1) is 0 Å². The number of hydrogen-bond acceptors (Lipinski definition) is 2. The fraction of sp³-hybridized carbons (Fsp3) is 1.00. The zero-order valence-electron chi connectivity index (χ0n) is 3.43. The summed E-state index contributed by atoms with van der Waals surface area (Å²) in [7, 11) is 0. The molecule has 0 aromatic carbocycles. The van der Waals surface area contributed by atoms with Crippen molar-refractivity contribution in [3.05, 3.63) is 0 Å². The van der Waals surface area contributed by atoms with Gasteiger partial charge < -0.3 is 4.18 Å². The van der Waals surface area contributed by atoms with E-state index in [1.165, 1.54) is 0 Å². The van der Waals surface area contributed by atoms with Gasteiger partial charge in [0.15, 0.2) is 0 Å². The molecule has 0 amide bonds. The molecule has 0 aliphatic carbocycles. The van der Waals surface area contributed by atoms with Gasteiger partial charge >= 0.3 is 0 Å². The third kappa shape index (κ3) is 4.31. The van der Waals surface area contributed by atoms with Gasteiger partial charge in [0.25, 0.3) is 0 Å². The first-order valence-corrected chi connectivity index (χ1v) is 1.94. The van der Waals surface area contributed by atoms with Gasteiger partial charge in [-0.2, -0.15) is 0 Å². The smallest absolute Gasteiger partial charge is 0.0662 e. The Kier molecular flexibility index (Phi) is 2.70. The van der Waals surface area contributed by atoms with Crippen LogP contribution in [0, 0.1) is 0 Å². The maximum absolute atomic E-state index is 4.44. The molecule has 32 valence electrons. The second-order valence-electron chi connectivity index (χ2n) is 1.15. The van der Waals surface area contributed by atoms with Gasteiger partial charge in [-0.25, -0.2) is 0 Å². The van der Waals surface area contributed by atoms with E-state index in [2.05, 4.69) is 17.1 Å². The lowest BCUT2D eigenvalue weighted by Gasteiger charge is -1.92. The minimum Gasteiger partial charge on any atom is -0.316 e. The van der Waals surface area contributed by atoms with Gasteiger partial charge in [0.1, 0.15) is 0 Å². The largest absolute Gasteiger partial charge is 0.316 e. The molecule has 5 heavy (non-hydrogen) atoms. The molecule has 0 aromatic rings. The van der Waals surface area contributed by atoms with Crippen LogP contribution in [0.1, 0.15) is 13.8 Å². The normalized spacial score (nSPS) is 9.60. The Labute approximate surface area is 37.9 Å². The van der Waals surface area contributed by atoms with Crippen molar-refractivity contribution in [3.63, 3.8) is 0 Å². The SMILES string of the molecule is CC(C)OS. The molecule has 0 spiro atoms. The lowest BCUT2D eigenvalue weighted by molar-refractivity contribution is 0.295. The van der Waals surface area contributed by atoms with E-state index in [0.717, 1.165) is 0 Å². The van der Waals surface area contributed by atoms with Crippen molar-refractivity contribution in [1.29, 1.82) is 0 Å². The average Bonchev–Trinajstić information content (AvgIpc) is 1.38. The maximum atomic E-state index is 4.44. The van der Waals surface area contributed by atoms with Crippen LogP contribution in [0.4, 0.5) is 0 Å². The molecule has 0 unspecified atom stereocenters. The van der Waals surface area contributed by atoms with Crippen molar-refractivity contribution in [1.82, 2.24) is 0 Å². The first-order chi connectivity index (χ1) is 2.27. The van der Waals surface area contributed by atoms with Crippen LogP contribution in [-0.2, 0) is 4.18 Å². The molecule has 0 heterocycles. The van der Waals surface area contributed by atoms with Gasteiger partial charge in [-0.1, -0.05) is 0 Å². The highest BCUT2D eigenvalue weighted by atomic mass is 32.1. The van der Waals surface area contributed by atoms with E-state index in [0.29, 0.717) is 0 Å². The fourth-order valence-electron chi connectivity index (χ4n) is 0. The summed E-state index contributed by atoms with van der Waals surface area (Å²) in [5.41, 5.74) is 0. The standard InChI is InChI=1S/C3H8OS/c1-3(2)4-5/h3,5H,1-2H3. The Morgan fingerprint density at radius 2 is 1.80 bits per heavy atom. The van der Waals surface area contributed by atoms with Gasteiger partial charge in [-0.05, 0) is 26.8 Å². The highest BCUT2D eigenvalue weighted by Crippen LogP contribution is 1.86. The summed E-state index contributed by atoms with van der Waals surface area (Å²) >= 11 is 3.52. The summed E-state index contributed by atoms with van der Waals surface area (Å²) in [6, 6.07) is 0. The average molecular weight is 92.2 g/mol. The van der Waals surface area contributed by atoms with E-state index < -0.39 is 0 Å². The summed E-state index contributed by atoms with van der Waals surface area (Å²) in [6.45, 7) is 3.85. The maximum Gasteiger partial charge on any atom is 0.0662 e. The van der Waals surface area contributed by atoms with E-state index in [9.17, 15) is 0 Å². The second kappa shape index (κ2) is 2.54. The molecule has 0 saturated heterocycles. The molecule has 0 atom stereocenters. The van der Waals surface area contributed by atoms with Crippen LogP contribution in [0.3, 0.4) is 0 Å². The molecule has 0 rings (SSSR count). The van der Waals surface area contributed by atoms with Crippen molar-refractivity contribution in [3.8, 4) is 0 Å².